The molecule has 1 rings (SSSR count). The Bertz CT molecular complexity index is 433. The van der Waals surface area contributed by atoms with Gasteiger partial charge in [0.05, 0.1) is 0 Å². The van der Waals surface area contributed by atoms with E-state index >= 15 is 0 Å². The van der Waals surface area contributed by atoms with E-state index in [0.717, 1.165) is 5.56 Å². The zero-order valence-corrected chi connectivity index (χ0v) is 9.61. The van der Waals surface area contributed by atoms with Gasteiger partial charge in [-0.3, -0.25) is 9.59 Å². The van der Waals surface area contributed by atoms with E-state index in [2.05, 4.69) is 0 Å². The summed E-state index contributed by atoms with van der Waals surface area (Å²) in [7, 11) is 0. The highest BCUT2D eigenvalue weighted by atomic mass is 16.5. The van der Waals surface area contributed by atoms with Crippen molar-refractivity contribution in [2.24, 2.45) is 17.4 Å². The molecular weight excluding hydrogens is 236 g/mol. The van der Waals surface area contributed by atoms with Crippen molar-refractivity contribution in [3.63, 3.8) is 0 Å². The topological polar surface area (TPSA) is 112 Å². The molecule has 1 aromatic carbocycles. The van der Waals surface area contributed by atoms with Crippen LogP contribution in [0.4, 0.5) is 0 Å². The minimum Gasteiger partial charge on any atom is -0.460 e. The number of hydrogen-bond acceptors (Lipinski definition) is 5. The van der Waals surface area contributed by atoms with Crippen molar-refractivity contribution in [1.29, 1.82) is 0 Å². The zero-order chi connectivity index (χ0) is 13.5. The standard InChI is InChI=1S/C12H14N2O4/c13-10(9(6-15)11(14)16)12(17)18-7-8-4-2-1-3-5-8/h1-6,9-10H,7,13H2,(H2,14,16). The van der Waals surface area contributed by atoms with Crippen molar-refractivity contribution in [2.45, 2.75) is 12.6 Å². The van der Waals surface area contributed by atoms with Gasteiger partial charge in [0, 0.05) is 0 Å². The number of carbonyl (C=O) groups excluding carboxylic acids is 3. The van der Waals surface area contributed by atoms with Gasteiger partial charge in [-0.25, -0.2) is 0 Å². The maximum atomic E-state index is 11.5. The SMILES string of the molecule is NC(=O)C(C=O)C(N)C(=O)OCc1ccccc1. The van der Waals surface area contributed by atoms with Gasteiger partial charge >= 0.3 is 5.97 Å². The fraction of sp³-hybridized carbons (Fsp3) is 0.250. The molecule has 6 heteroatoms. The van der Waals surface area contributed by atoms with Crippen LogP contribution in [0.2, 0.25) is 0 Å². The van der Waals surface area contributed by atoms with Crippen molar-refractivity contribution in [2.75, 3.05) is 0 Å². The molecule has 0 heterocycles. The van der Waals surface area contributed by atoms with E-state index in [-0.39, 0.29) is 12.9 Å². The number of aldehydes is 1. The molecule has 0 aromatic heterocycles. The molecule has 0 aliphatic rings. The molecule has 0 bridgehead atoms. The van der Waals surface area contributed by atoms with Crippen LogP contribution in [0.15, 0.2) is 30.3 Å². The van der Waals surface area contributed by atoms with Crippen LogP contribution in [0.1, 0.15) is 5.56 Å². The summed E-state index contributed by atoms with van der Waals surface area (Å²) in [5, 5.41) is 0. The Hall–Kier alpha value is -2.21. The van der Waals surface area contributed by atoms with E-state index < -0.39 is 23.8 Å². The van der Waals surface area contributed by atoms with Crippen LogP contribution in [0.3, 0.4) is 0 Å². The van der Waals surface area contributed by atoms with Gasteiger partial charge in [-0.1, -0.05) is 30.3 Å². The molecule has 96 valence electrons. The summed E-state index contributed by atoms with van der Waals surface area (Å²) in [6, 6.07) is 7.58. The molecule has 0 aliphatic heterocycles. The lowest BCUT2D eigenvalue weighted by molar-refractivity contribution is -0.150. The Balaban J connectivity index is 2.55. The minimum atomic E-state index is -1.37. The van der Waals surface area contributed by atoms with Gasteiger partial charge in [0.2, 0.25) is 5.91 Å². The largest absolute Gasteiger partial charge is 0.460 e. The molecule has 2 unspecified atom stereocenters. The average Bonchev–Trinajstić information content (AvgIpc) is 2.37. The van der Waals surface area contributed by atoms with Crippen LogP contribution in [0, 0.1) is 5.92 Å². The van der Waals surface area contributed by atoms with E-state index in [1.807, 2.05) is 6.07 Å². The van der Waals surface area contributed by atoms with Gasteiger partial charge < -0.3 is 21.0 Å². The number of rotatable bonds is 6. The fourth-order valence-electron chi connectivity index (χ4n) is 1.30. The number of esters is 1. The minimum absolute atomic E-state index is 0.0255. The Morgan fingerprint density at radius 3 is 2.39 bits per heavy atom. The van der Waals surface area contributed by atoms with Gasteiger partial charge in [-0.2, -0.15) is 0 Å². The molecule has 2 atom stereocenters. The smallest absolute Gasteiger partial charge is 0.324 e. The average molecular weight is 250 g/mol. The second-order valence-corrected chi connectivity index (χ2v) is 3.68. The molecule has 0 spiro atoms. The first-order chi connectivity index (χ1) is 8.56. The second-order valence-electron chi connectivity index (χ2n) is 3.68. The Morgan fingerprint density at radius 1 is 1.28 bits per heavy atom. The van der Waals surface area contributed by atoms with Crippen LogP contribution in [-0.4, -0.2) is 24.2 Å². The number of carbonyl (C=O) groups is 3. The van der Waals surface area contributed by atoms with Crippen LogP contribution in [-0.2, 0) is 25.7 Å². The monoisotopic (exact) mass is 250 g/mol. The summed E-state index contributed by atoms with van der Waals surface area (Å²) >= 11 is 0. The van der Waals surface area contributed by atoms with Crippen LogP contribution < -0.4 is 11.5 Å². The number of amides is 1. The van der Waals surface area contributed by atoms with E-state index in [1.165, 1.54) is 0 Å². The molecule has 1 amide bonds. The van der Waals surface area contributed by atoms with E-state index in [4.69, 9.17) is 16.2 Å². The van der Waals surface area contributed by atoms with Crippen molar-refractivity contribution in [3.05, 3.63) is 35.9 Å². The fourth-order valence-corrected chi connectivity index (χ4v) is 1.30. The predicted molar refractivity (Wildman–Crippen MR) is 63.0 cm³/mol. The molecule has 0 fully saturated rings. The number of hydrogen-bond donors (Lipinski definition) is 2. The molecule has 0 saturated heterocycles. The lowest BCUT2D eigenvalue weighted by atomic mass is 10.0. The quantitative estimate of drug-likeness (QED) is 0.396. The summed E-state index contributed by atoms with van der Waals surface area (Å²) in [5.74, 6) is -3.16. The third-order valence-corrected chi connectivity index (χ3v) is 2.36. The number of primary amides is 1. The summed E-state index contributed by atoms with van der Waals surface area (Å²) in [4.78, 5) is 32.9. The molecule has 0 saturated carbocycles. The normalized spacial score (nSPS) is 13.4. The van der Waals surface area contributed by atoms with Crippen molar-refractivity contribution in [3.8, 4) is 0 Å². The summed E-state index contributed by atoms with van der Waals surface area (Å²) in [6.07, 6.45) is 0.247. The van der Waals surface area contributed by atoms with E-state index in [1.54, 1.807) is 24.3 Å². The first-order valence-corrected chi connectivity index (χ1v) is 5.27. The summed E-state index contributed by atoms with van der Waals surface area (Å²) < 4.78 is 4.89. The van der Waals surface area contributed by atoms with Crippen LogP contribution >= 0.6 is 0 Å². The van der Waals surface area contributed by atoms with Crippen molar-refractivity contribution >= 4 is 18.2 Å². The number of ether oxygens (including phenoxy) is 1. The molecular formula is C12H14N2O4. The lowest BCUT2D eigenvalue weighted by Crippen LogP contribution is -2.46. The maximum absolute atomic E-state index is 11.5. The van der Waals surface area contributed by atoms with Gasteiger partial charge in [0.15, 0.2) is 0 Å². The molecule has 0 radical (unpaired) electrons. The highest BCUT2D eigenvalue weighted by molar-refractivity contribution is 5.96. The summed E-state index contributed by atoms with van der Waals surface area (Å²) in [6.45, 7) is 0.0255. The molecule has 18 heavy (non-hydrogen) atoms. The van der Waals surface area contributed by atoms with Gasteiger partial charge in [0.1, 0.15) is 24.9 Å². The molecule has 0 aliphatic carbocycles. The predicted octanol–water partition coefficient (Wildman–Crippen LogP) is -0.642. The van der Waals surface area contributed by atoms with Crippen molar-refractivity contribution in [1.82, 2.24) is 0 Å². The first-order valence-electron chi connectivity index (χ1n) is 5.27. The Kier molecular flexibility index (Phi) is 5.01. The highest BCUT2D eigenvalue weighted by Crippen LogP contribution is 2.04. The Labute approximate surface area is 104 Å². The Morgan fingerprint density at radius 2 is 1.89 bits per heavy atom. The third-order valence-electron chi connectivity index (χ3n) is 2.36. The molecule has 1 aromatic rings. The van der Waals surface area contributed by atoms with E-state index in [9.17, 15) is 14.4 Å². The third kappa shape index (κ3) is 3.67. The van der Waals surface area contributed by atoms with Gasteiger partial charge in [0.25, 0.3) is 0 Å². The lowest BCUT2D eigenvalue weighted by Gasteiger charge is -2.14. The first kappa shape index (κ1) is 13.9. The van der Waals surface area contributed by atoms with E-state index in [0.29, 0.717) is 0 Å². The van der Waals surface area contributed by atoms with Crippen LogP contribution in [0.5, 0.6) is 0 Å². The zero-order valence-electron chi connectivity index (χ0n) is 9.61. The maximum Gasteiger partial charge on any atom is 0.324 e. The molecule has 4 N–H and O–H groups in total. The number of benzene rings is 1. The van der Waals surface area contributed by atoms with Crippen LogP contribution in [0.25, 0.3) is 0 Å². The molecule has 6 nitrogen and oxygen atoms in total. The second kappa shape index (κ2) is 6.51. The van der Waals surface area contributed by atoms with Gasteiger partial charge in [-0.05, 0) is 5.56 Å². The van der Waals surface area contributed by atoms with Crippen molar-refractivity contribution < 1.29 is 19.1 Å². The summed E-state index contributed by atoms with van der Waals surface area (Å²) in [5.41, 5.74) is 11.1. The highest BCUT2D eigenvalue weighted by Gasteiger charge is 2.30. The van der Waals surface area contributed by atoms with Gasteiger partial charge in [-0.15, -0.1) is 0 Å². The number of nitrogens with two attached hydrogens (primary N) is 2.